The van der Waals surface area contributed by atoms with Gasteiger partial charge in [-0.2, -0.15) is 0 Å². The Labute approximate surface area is 176 Å². The number of hydrogen-bond donors (Lipinski definition) is 0. The Hall–Kier alpha value is -2.96. The van der Waals surface area contributed by atoms with Gasteiger partial charge in [0.15, 0.2) is 0 Å². The second-order valence-electron chi connectivity index (χ2n) is 5.90. The number of allylic oxidation sites excluding steroid dienone is 6. The number of hydroxylamine groups is 2. The normalized spacial score (nSPS) is 15.4. The van der Waals surface area contributed by atoms with Crippen molar-refractivity contribution in [3.8, 4) is 0 Å². The topological polar surface area (TPSA) is 54.8 Å². The van der Waals surface area contributed by atoms with Gasteiger partial charge in [0.2, 0.25) is 0 Å². The van der Waals surface area contributed by atoms with Crippen LogP contribution in [0.2, 0.25) is 0 Å². The molecule has 0 aromatic carbocycles. The molecular formula is C23H25N3O2S. The van der Waals surface area contributed by atoms with Crippen LogP contribution in [0.4, 0.5) is 0 Å². The van der Waals surface area contributed by atoms with Crippen molar-refractivity contribution in [3.63, 3.8) is 0 Å². The summed E-state index contributed by atoms with van der Waals surface area (Å²) in [7, 11) is 3.02. The van der Waals surface area contributed by atoms with Gasteiger partial charge in [0, 0.05) is 34.7 Å². The summed E-state index contributed by atoms with van der Waals surface area (Å²) in [6.45, 7) is 7.79. The maximum atomic E-state index is 12.6. The average molecular weight is 408 g/mol. The molecule has 0 unspecified atom stereocenters. The second kappa shape index (κ2) is 11.1. The van der Waals surface area contributed by atoms with E-state index in [1.165, 1.54) is 23.9 Å². The van der Waals surface area contributed by atoms with E-state index in [2.05, 4.69) is 11.6 Å². The highest BCUT2D eigenvalue weighted by Crippen LogP contribution is 2.31. The Bertz CT molecular complexity index is 938. The van der Waals surface area contributed by atoms with E-state index in [1.54, 1.807) is 37.5 Å². The third kappa shape index (κ3) is 5.76. The monoisotopic (exact) mass is 407 g/mol. The number of pyridine rings is 1. The highest BCUT2D eigenvalue weighted by atomic mass is 32.2. The maximum absolute atomic E-state index is 12.6. The lowest BCUT2D eigenvalue weighted by atomic mass is 10.1. The molecular weight excluding hydrogens is 382 g/mol. The van der Waals surface area contributed by atoms with Crippen molar-refractivity contribution in [1.82, 2.24) is 10.0 Å². The molecule has 5 nitrogen and oxygen atoms in total. The molecule has 1 aromatic rings. The molecule has 1 amide bonds. The van der Waals surface area contributed by atoms with Crippen LogP contribution in [-0.4, -0.2) is 35.8 Å². The standard InChI is InChI=1S/C23H25N3O2S/c1-6-11-17(23(27)26(4)28-5)15-18-16-29-21(12-7-2)19(8-3)22(25-18)20-13-9-10-14-24-20/h6-16H,3H2,1-2,4-5H3/b11-6-,12-7-,17-15+. The first-order valence-electron chi connectivity index (χ1n) is 9.08. The Balaban J connectivity index is 2.64. The average Bonchev–Trinajstić information content (AvgIpc) is 2.92. The minimum atomic E-state index is -0.263. The van der Waals surface area contributed by atoms with Crippen LogP contribution in [0.25, 0.3) is 0 Å². The van der Waals surface area contributed by atoms with Crippen LogP contribution >= 0.6 is 11.8 Å². The quantitative estimate of drug-likeness (QED) is 0.363. The van der Waals surface area contributed by atoms with Crippen molar-refractivity contribution in [1.29, 1.82) is 0 Å². The van der Waals surface area contributed by atoms with Crippen LogP contribution in [0.15, 0.2) is 99.6 Å². The summed E-state index contributed by atoms with van der Waals surface area (Å²) in [6, 6.07) is 5.68. The zero-order valence-corrected chi connectivity index (χ0v) is 17.9. The number of aliphatic imine (C=N–C) groups is 1. The fraction of sp³-hybridized carbons (Fsp3) is 0.174. The third-order valence-corrected chi connectivity index (χ3v) is 4.92. The largest absolute Gasteiger partial charge is 0.277 e. The van der Waals surface area contributed by atoms with E-state index in [4.69, 9.17) is 9.83 Å². The number of carbonyl (C=O) groups excluding carboxylic acids is 1. The van der Waals surface area contributed by atoms with E-state index in [0.717, 1.165) is 16.2 Å². The molecule has 0 bridgehead atoms. The summed E-state index contributed by atoms with van der Waals surface area (Å²) in [4.78, 5) is 27.9. The van der Waals surface area contributed by atoms with Gasteiger partial charge in [-0.1, -0.05) is 54.8 Å². The number of nitrogens with zero attached hydrogens (tertiary/aromatic N) is 3. The van der Waals surface area contributed by atoms with E-state index >= 15 is 0 Å². The molecule has 6 heteroatoms. The lowest BCUT2D eigenvalue weighted by Gasteiger charge is -2.14. The van der Waals surface area contributed by atoms with Gasteiger partial charge in [0.1, 0.15) is 0 Å². The molecule has 29 heavy (non-hydrogen) atoms. The zero-order chi connectivity index (χ0) is 21.2. The Kier molecular flexibility index (Phi) is 8.58. The van der Waals surface area contributed by atoms with Crippen molar-refractivity contribution in [3.05, 3.63) is 100 Å². The number of aromatic nitrogens is 1. The molecule has 0 atom stereocenters. The molecule has 0 saturated carbocycles. The fourth-order valence-corrected chi connectivity index (χ4v) is 3.44. The first-order valence-corrected chi connectivity index (χ1v) is 9.96. The summed E-state index contributed by atoms with van der Waals surface area (Å²) >= 11 is 1.53. The number of rotatable bonds is 7. The van der Waals surface area contributed by atoms with E-state index < -0.39 is 0 Å². The molecule has 0 N–H and O–H groups in total. The molecule has 2 rings (SSSR count). The molecule has 2 heterocycles. The van der Waals surface area contributed by atoms with Crippen LogP contribution in [0.5, 0.6) is 0 Å². The Morgan fingerprint density at radius 1 is 1.28 bits per heavy atom. The summed E-state index contributed by atoms with van der Waals surface area (Å²) in [5.41, 5.74) is 3.43. The van der Waals surface area contributed by atoms with Crippen molar-refractivity contribution >= 4 is 23.4 Å². The van der Waals surface area contributed by atoms with E-state index in [-0.39, 0.29) is 5.91 Å². The van der Waals surface area contributed by atoms with Gasteiger partial charge in [-0.25, -0.2) is 10.1 Å². The molecule has 1 aliphatic heterocycles. The molecule has 0 radical (unpaired) electrons. The van der Waals surface area contributed by atoms with E-state index in [1.807, 2.05) is 49.6 Å². The van der Waals surface area contributed by atoms with Crippen LogP contribution in [0.1, 0.15) is 19.5 Å². The van der Waals surface area contributed by atoms with Crippen LogP contribution in [0, 0.1) is 0 Å². The van der Waals surface area contributed by atoms with Crippen LogP contribution in [0.3, 0.4) is 0 Å². The number of carbonyl (C=O) groups is 1. The van der Waals surface area contributed by atoms with Crippen LogP contribution < -0.4 is 0 Å². The molecule has 150 valence electrons. The van der Waals surface area contributed by atoms with Gasteiger partial charge in [-0.15, -0.1) is 0 Å². The van der Waals surface area contributed by atoms with E-state index in [9.17, 15) is 4.79 Å². The van der Waals surface area contributed by atoms with E-state index in [0.29, 0.717) is 17.0 Å². The fourth-order valence-electron chi connectivity index (χ4n) is 2.55. The maximum Gasteiger partial charge on any atom is 0.277 e. The van der Waals surface area contributed by atoms with Gasteiger partial charge in [0.05, 0.1) is 24.2 Å². The van der Waals surface area contributed by atoms with Gasteiger partial charge in [0.25, 0.3) is 5.91 Å². The number of thioether (sulfide) groups is 1. The zero-order valence-electron chi connectivity index (χ0n) is 17.1. The molecule has 0 aliphatic carbocycles. The highest BCUT2D eigenvalue weighted by Gasteiger charge is 2.18. The molecule has 1 aliphatic rings. The summed E-state index contributed by atoms with van der Waals surface area (Å²) in [6.07, 6.45) is 12.8. The molecule has 0 spiro atoms. The molecule has 0 saturated heterocycles. The van der Waals surface area contributed by atoms with Crippen molar-refractivity contribution in [2.24, 2.45) is 4.99 Å². The lowest BCUT2D eigenvalue weighted by molar-refractivity contribution is -0.163. The lowest BCUT2D eigenvalue weighted by Crippen LogP contribution is -2.26. The number of likely N-dealkylation sites (N-methyl/N-ethyl adjacent to an activating group) is 1. The van der Waals surface area contributed by atoms with Crippen LogP contribution in [-0.2, 0) is 9.63 Å². The first-order chi connectivity index (χ1) is 14.0. The minimum absolute atomic E-state index is 0.263. The first kappa shape index (κ1) is 22.3. The van der Waals surface area contributed by atoms with Gasteiger partial charge < -0.3 is 0 Å². The van der Waals surface area contributed by atoms with Crippen molar-refractivity contribution < 1.29 is 9.63 Å². The summed E-state index contributed by atoms with van der Waals surface area (Å²) in [5, 5.41) is 3.09. The Morgan fingerprint density at radius 2 is 2.07 bits per heavy atom. The smallest absolute Gasteiger partial charge is 0.274 e. The SMILES string of the molecule is C=CC1=C(/C=C\C)SC=C(/C=C(\C=C/C)C(=O)N(C)OC)N=C1c1ccccn1. The minimum Gasteiger partial charge on any atom is -0.274 e. The van der Waals surface area contributed by atoms with Gasteiger partial charge in [-0.05, 0) is 32.1 Å². The van der Waals surface area contributed by atoms with Gasteiger partial charge in [-0.3, -0.25) is 14.6 Å². The Morgan fingerprint density at radius 3 is 2.66 bits per heavy atom. The predicted octanol–water partition coefficient (Wildman–Crippen LogP) is 5.00. The molecule has 0 fully saturated rings. The third-order valence-electron chi connectivity index (χ3n) is 3.95. The summed E-state index contributed by atoms with van der Waals surface area (Å²) < 4.78 is 0. The number of hydrogen-bond acceptors (Lipinski definition) is 5. The second-order valence-corrected chi connectivity index (χ2v) is 6.81. The molecule has 1 aromatic heterocycles. The van der Waals surface area contributed by atoms with Crippen molar-refractivity contribution in [2.75, 3.05) is 14.2 Å². The predicted molar refractivity (Wildman–Crippen MR) is 121 cm³/mol. The highest BCUT2D eigenvalue weighted by molar-refractivity contribution is 8.06. The van der Waals surface area contributed by atoms with Gasteiger partial charge >= 0.3 is 0 Å². The summed E-state index contributed by atoms with van der Waals surface area (Å²) in [5.74, 6) is -0.263. The number of amides is 1. The van der Waals surface area contributed by atoms with Crippen molar-refractivity contribution in [2.45, 2.75) is 13.8 Å².